The maximum Gasteiger partial charge on any atom is 0.169 e. The smallest absolute Gasteiger partial charge is 0.169 e. The van der Waals surface area contributed by atoms with Gasteiger partial charge >= 0.3 is 0 Å². The molecule has 0 aliphatic heterocycles. The minimum atomic E-state index is -0.611. The SMILES string of the molecule is CN(Cc1ccc(Cl)cc1)c1c(N)cc(N)c(Cl)c1F. The average Bonchev–Trinajstić information content (AvgIpc) is 2.39. The minimum absolute atomic E-state index is 0.114. The number of hydrogen-bond acceptors (Lipinski definition) is 3. The molecule has 0 unspecified atom stereocenters. The van der Waals surface area contributed by atoms with E-state index in [1.165, 1.54) is 6.07 Å². The van der Waals surface area contributed by atoms with Crippen LogP contribution in [0.5, 0.6) is 0 Å². The number of nitrogen functional groups attached to an aromatic ring is 2. The molecule has 3 nitrogen and oxygen atoms in total. The van der Waals surface area contributed by atoms with E-state index in [1.54, 1.807) is 24.1 Å². The number of hydrogen-bond donors (Lipinski definition) is 2. The van der Waals surface area contributed by atoms with E-state index in [1.807, 2.05) is 12.1 Å². The third-order valence-corrected chi connectivity index (χ3v) is 3.59. The summed E-state index contributed by atoms with van der Waals surface area (Å²) < 4.78 is 14.2. The molecular weight excluding hydrogens is 300 g/mol. The second-order valence-electron chi connectivity index (χ2n) is 4.51. The first-order valence-electron chi connectivity index (χ1n) is 5.88. The molecule has 0 heterocycles. The molecule has 0 spiro atoms. The van der Waals surface area contributed by atoms with Crippen LogP contribution in [0.3, 0.4) is 0 Å². The fourth-order valence-corrected chi connectivity index (χ4v) is 2.26. The van der Waals surface area contributed by atoms with Gasteiger partial charge < -0.3 is 16.4 Å². The average molecular weight is 314 g/mol. The molecule has 4 N–H and O–H groups in total. The van der Waals surface area contributed by atoms with Crippen molar-refractivity contribution < 1.29 is 4.39 Å². The molecule has 2 aromatic rings. The zero-order valence-electron chi connectivity index (χ0n) is 10.8. The highest BCUT2D eigenvalue weighted by atomic mass is 35.5. The number of halogens is 3. The Labute approximate surface area is 126 Å². The van der Waals surface area contributed by atoms with Crippen molar-refractivity contribution in [2.45, 2.75) is 6.54 Å². The summed E-state index contributed by atoms with van der Waals surface area (Å²) in [5, 5.41) is 0.537. The van der Waals surface area contributed by atoms with Crippen LogP contribution in [0.2, 0.25) is 10.0 Å². The highest BCUT2D eigenvalue weighted by Gasteiger charge is 2.17. The molecule has 0 bridgehead atoms. The number of nitrogens with zero attached hydrogens (tertiary/aromatic N) is 1. The van der Waals surface area contributed by atoms with Gasteiger partial charge in [0, 0.05) is 18.6 Å². The van der Waals surface area contributed by atoms with E-state index in [-0.39, 0.29) is 22.1 Å². The lowest BCUT2D eigenvalue weighted by Gasteiger charge is -2.23. The zero-order chi connectivity index (χ0) is 14.9. The molecule has 0 fully saturated rings. The van der Waals surface area contributed by atoms with Crippen LogP contribution in [0.1, 0.15) is 5.56 Å². The molecule has 0 amide bonds. The molecule has 0 aliphatic rings. The van der Waals surface area contributed by atoms with Crippen LogP contribution in [-0.4, -0.2) is 7.05 Å². The Kier molecular flexibility index (Phi) is 4.26. The summed E-state index contributed by atoms with van der Waals surface area (Å²) in [6.45, 7) is 0.471. The first kappa shape index (κ1) is 14.8. The molecule has 0 atom stereocenters. The van der Waals surface area contributed by atoms with Gasteiger partial charge in [-0.25, -0.2) is 4.39 Å². The Morgan fingerprint density at radius 3 is 2.30 bits per heavy atom. The zero-order valence-corrected chi connectivity index (χ0v) is 12.3. The normalized spacial score (nSPS) is 10.6. The van der Waals surface area contributed by atoms with Crippen molar-refractivity contribution >= 4 is 40.3 Å². The molecular formula is C14H14Cl2FN3. The van der Waals surface area contributed by atoms with Gasteiger partial charge in [0.2, 0.25) is 0 Å². The second-order valence-corrected chi connectivity index (χ2v) is 5.33. The molecule has 0 aromatic heterocycles. The fraction of sp³-hybridized carbons (Fsp3) is 0.143. The van der Waals surface area contributed by atoms with Gasteiger partial charge in [-0.1, -0.05) is 35.3 Å². The van der Waals surface area contributed by atoms with Crippen LogP contribution >= 0.6 is 23.2 Å². The van der Waals surface area contributed by atoms with Gasteiger partial charge in [0.25, 0.3) is 0 Å². The monoisotopic (exact) mass is 313 g/mol. The Bertz CT molecular complexity index is 629. The summed E-state index contributed by atoms with van der Waals surface area (Å²) in [6, 6.07) is 8.75. The van der Waals surface area contributed by atoms with E-state index in [0.29, 0.717) is 11.6 Å². The lowest BCUT2D eigenvalue weighted by molar-refractivity contribution is 0.624. The summed E-state index contributed by atoms with van der Waals surface area (Å²) in [5.41, 5.74) is 13.0. The van der Waals surface area contributed by atoms with Gasteiger partial charge in [-0.3, -0.25) is 0 Å². The van der Waals surface area contributed by atoms with Gasteiger partial charge in [0.1, 0.15) is 5.02 Å². The van der Waals surface area contributed by atoms with Crippen molar-refractivity contribution in [2.24, 2.45) is 0 Å². The van der Waals surface area contributed by atoms with Crippen LogP contribution < -0.4 is 16.4 Å². The van der Waals surface area contributed by atoms with Gasteiger partial charge in [-0.2, -0.15) is 0 Å². The molecule has 0 radical (unpaired) electrons. The summed E-state index contributed by atoms with van der Waals surface area (Å²) in [6.07, 6.45) is 0. The van der Waals surface area contributed by atoms with Crippen molar-refractivity contribution in [1.82, 2.24) is 0 Å². The third-order valence-electron chi connectivity index (χ3n) is 2.95. The molecule has 0 saturated carbocycles. The minimum Gasteiger partial charge on any atom is -0.397 e. The summed E-state index contributed by atoms with van der Waals surface area (Å²) >= 11 is 11.7. The Balaban J connectivity index is 2.32. The summed E-state index contributed by atoms with van der Waals surface area (Å²) in [7, 11) is 1.73. The van der Waals surface area contributed by atoms with E-state index in [9.17, 15) is 4.39 Å². The first-order valence-corrected chi connectivity index (χ1v) is 6.64. The van der Waals surface area contributed by atoms with Crippen LogP contribution in [0, 0.1) is 5.82 Å². The van der Waals surface area contributed by atoms with Crippen LogP contribution in [0.25, 0.3) is 0 Å². The van der Waals surface area contributed by atoms with E-state index < -0.39 is 5.82 Å². The van der Waals surface area contributed by atoms with E-state index in [0.717, 1.165) is 5.56 Å². The predicted molar refractivity (Wildman–Crippen MR) is 83.8 cm³/mol. The van der Waals surface area contributed by atoms with Crippen molar-refractivity contribution in [2.75, 3.05) is 23.4 Å². The first-order chi connectivity index (χ1) is 9.40. The number of nitrogens with two attached hydrogens (primary N) is 2. The van der Waals surface area contributed by atoms with Gasteiger partial charge in [-0.05, 0) is 23.8 Å². The number of benzene rings is 2. The topological polar surface area (TPSA) is 55.3 Å². The standard InChI is InChI=1S/C14H14Cl2FN3/c1-20(7-8-2-4-9(15)5-3-8)14-11(19)6-10(18)12(16)13(14)17/h2-6H,7,18-19H2,1H3. The van der Waals surface area contributed by atoms with Gasteiger partial charge in [0.15, 0.2) is 5.82 Å². The predicted octanol–water partition coefficient (Wildman–Crippen LogP) is 3.93. The Hall–Kier alpha value is -1.65. The van der Waals surface area contributed by atoms with Gasteiger partial charge in [0.05, 0.1) is 17.1 Å². The lowest BCUT2D eigenvalue weighted by atomic mass is 10.1. The third kappa shape index (κ3) is 2.92. The van der Waals surface area contributed by atoms with Crippen molar-refractivity contribution in [1.29, 1.82) is 0 Å². The molecule has 20 heavy (non-hydrogen) atoms. The number of rotatable bonds is 3. The Morgan fingerprint density at radius 2 is 1.70 bits per heavy atom. The molecule has 6 heteroatoms. The summed E-state index contributed by atoms with van der Waals surface area (Å²) in [5.74, 6) is -0.611. The number of anilines is 3. The molecule has 106 valence electrons. The highest BCUT2D eigenvalue weighted by Crippen LogP contribution is 2.36. The van der Waals surface area contributed by atoms with Crippen LogP contribution in [-0.2, 0) is 6.54 Å². The molecule has 2 aromatic carbocycles. The molecule has 0 saturated heterocycles. The highest BCUT2D eigenvalue weighted by molar-refractivity contribution is 6.33. The molecule has 2 rings (SSSR count). The fourth-order valence-electron chi connectivity index (χ4n) is 1.99. The summed E-state index contributed by atoms with van der Waals surface area (Å²) in [4.78, 5) is 1.68. The quantitative estimate of drug-likeness (QED) is 0.844. The van der Waals surface area contributed by atoms with Crippen LogP contribution in [0.4, 0.5) is 21.5 Å². The van der Waals surface area contributed by atoms with Crippen molar-refractivity contribution in [3.05, 3.63) is 51.8 Å². The largest absolute Gasteiger partial charge is 0.397 e. The van der Waals surface area contributed by atoms with Gasteiger partial charge in [-0.15, -0.1) is 0 Å². The van der Waals surface area contributed by atoms with Crippen LogP contribution in [0.15, 0.2) is 30.3 Å². The van der Waals surface area contributed by atoms with E-state index >= 15 is 0 Å². The van der Waals surface area contributed by atoms with E-state index in [4.69, 9.17) is 34.7 Å². The maximum absolute atomic E-state index is 14.2. The van der Waals surface area contributed by atoms with Crippen molar-refractivity contribution in [3.8, 4) is 0 Å². The molecule has 0 aliphatic carbocycles. The van der Waals surface area contributed by atoms with E-state index in [2.05, 4.69) is 0 Å². The second kappa shape index (κ2) is 5.77. The van der Waals surface area contributed by atoms with Crippen molar-refractivity contribution in [3.63, 3.8) is 0 Å². The lowest BCUT2D eigenvalue weighted by Crippen LogP contribution is -2.19. The Morgan fingerprint density at radius 1 is 1.10 bits per heavy atom. The maximum atomic E-state index is 14.2.